The molecular formula is C14H12BrN2O3+. The van der Waals surface area contributed by atoms with Gasteiger partial charge in [-0.3, -0.25) is 9.69 Å². The van der Waals surface area contributed by atoms with Gasteiger partial charge in [0.15, 0.2) is 23.8 Å². The van der Waals surface area contributed by atoms with E-state index in [4.69, 9.17) is 4.74 Å². The van der Waals surface area contributed by atoms with Crippen molar-refractivity contribution in [2.24, 2.45) is 0 Å². The highest BCUT2D eigenvalue weighted by Crippen LogP contribution is 2.31. The predicted molar refractivity (Wildman–Crippen MR) is 76.0 cm³/mol. The van der Waals surface area contributed by atoms with Crippen LogP contribution in [0.15, 0.2) is 41.1 Å². The molecule has 1 aromatic carbocycles. The van der Waals surface area contributed by atoms with Gasteiger partial charge in [0.25, 0.3) is 5.91 Å². The van der Waals surface area contributed by atoms with Crippen LogP contribution in [0.3, 0.4) is 0 Å². The molecule has 1 aliphatic rings. The van der Waals surface area contributed by atoms with Crippen LogP contribution < -0.4 is 14.6 Å². The molecule has 0 atom stereocenters. The van der Waals surface area contributed by atoms with Gasteiger partial charge in [0.05, 0.1) is 11.0 Å². The Morgan fingerprint density at radius 3 is 3.05 bits per heavy atom. The molecule has 0 saturated carbocycles. The zero-order valence-electron chi connectivity index (χ0n) is 10.5. The fourth-order valence-corrected chi connectivity index (χ4v) is 2.49. The molecule has 6 heteroatoms. The van der Waals surface area contributed by atoms with Gasteiger partial charge in [0.1, 0.15) is 12.4 Å². The fourth-order valence-electron chi connectivity index (χ4n) is 2.11. The molecule has 0 fully saturated rings. The molecule has 2 heterocycles. The number of phenolic OH excluding ortho intramolecular Hbond substituents is 1. The van der Waals surface area contributed by atoms with E-state index < -0.39 is 0 Å². The fraction of sp³-hybridized carbons (Fsp3) is 0.143. The van der Waals surface area contributed by atoms with Crippen molar-refractivity contribution in [3.8, 4) is 11.5 Å². The second-order valence-electron chi connectivity index (χ2n) is 4.37. The van der Waals surface area contributed by atoms with Crippen molar-refractivity contribution < 1.29 is 19.6 Å². The lowest BCUT2D eigenvalue weighted by atomic mass is 10.1. The maximum atomic E-state index is 12.6. The van der Waals surface area contributed by atoms with E-state index >= 15 is 0 Å². The molecule has 0 saturated heterocycles. The van der Waals surface area contributed by atoms with E-state index in [1.165, 1.54) is 6.07 Å². The molecular weight excluding hydrogens is 324 g/mol. The summed E-state index contributed by atoms with van der Waals surface area (Å²) in [7, 11) is 0. The number of hydrogen-bond donors (Lipinski definition) is 1. The third-order valence-corrected chi connectivity index (χ3v) is 3.74. The van der Waals surface area contributed by atoms with Gasteiger partial charge in [-0.2, -0.15) is 0 Å². The van der Waals surface area contributed by atoms with Crippen molar-refractivity contribution in [2.75, 3.05) is 18.1 Å². The molecule has 0 aliphatic carbocycles. The second-order valence-corrected chi connectivity index (χ2v) is 5.22. The second kappa shape index (κ2) is 5.13. The number of benzene rings is 1. The average Bonchev–Trinajstić information content (AvgIpc) is 2.49. The van der Waals surface area contributed by atoms with Crippen LogP contribution in [0.2, 0.25) is 0 Å². The van der Waals surface area contributed by atoms with Gasteiger partial charge in [-0.15, -0.1) is 0 Å². The molecule has 0 spiro atoms. The first-order chi connectivity index (χ1) is 9.66. The Bertz CT molecular complexity index is 675. The van der Waals surface area contributed by atoms with Crippen LogP contribution in [0.25, 0.3) is 0 Å². The molecule has 3 rings (SSSR count). The van der Waals surface area contributed by atoms with Crippen molar-refractivity contribution in [3.63, 3.8) is 0 Å². The number of aromatic hydroxyl groups is 1. The number of anilines is 1. The summed E-state index contributed by atoms with van der Waals surface area (Å²) >= 11 is 3.22. The Kier molecular flexibility index (Phi) is 3.31. The molecule has 1 amide bonds. The summed E-state index contributed by atoms with van der Waals surface area (Å²) in [6.45, 7) is 0.949. The van der Waals surface area contributed by atoms with Crippen LogP contribution in [0, 0.1) is 0 Å². The first kappa shape index (κ1) is 12.9. The minimum atomic E-state index is -0.130. The molecule has 20 heavy (non-hydrogen) atoms. The van der Waals surface area contributed by atoms with E-state index in [1.54, 1.807) is 35.5 Å². The number of hydrogen-bond acceptors (Lipinski definition) is 3. The van der Waals surface area contributed by atoms with Crippen LogP contribution in [0.5, 0.6) is 11.5 Å². The maximum Gasteiger partial charge on any atom is 0.258 e. The summed E-state index contributed by atoms with van der Waals surface area (Å²) in [6.07, 6.45) is 3.49. The van der Waals surface area contributed by atoms with Gasteiger partial charge in [-0.05, 0) is 34.1 Å². The number of phenols is 1. The minimum absolute atomic E-state index is 0.109. The number of nitrogens with one attached hydrogen (secondary N) is 1. The third-order valence-electron chi connectivity index (χ3n) is 3.11. The van der Waals surface area contributed by atoms with Crippen LogP contribution in [-0.2, 0) is 0 Å². The zero-order chi connectivity index (χ0) is 14.1. The van der Waals surface area contributed by atoms with E-state index in [1.807, 2.05) is 0 Å². The van der Waals surface area contributed by atoms with Crippen LogP contribution in [0.1, 0.15) is 10.4 Å². The van der Waals surface area contributed by atoms with E-state index in [2.05, 4.69) is 20.9 Å². The van der Waals surface area contributed by atoms with E-state index in [-0.39, 0.29) is 11.7 Å². The highest BCUT2D eigenvalue weighted by atomic mass is 79.9. The number of ether oxygens (including phenoxy) is 1. The standard InChI is InChI=1S/C14H11BrN2O3/c15-10-7-9(1-2-12(10)18)14(19)17-5-6-20-13-3-4-16-8-11(13)17/h1-4,7-8,18H,5-6H2/p+1. The number of carbonyl (C=O) groups excluding carboxylic acids is 1. The number of H-pyrrole nitrogens is 1. The third kappa shape index (κ3) is 2.22. The van der Waals surface area contributed by atoms with Gasteiger partial charge in [0.2, 0.25) is 0 Å². The molecule has 0 radical (unpaired) electrons. The minimum Gasteiger partial charge on any atom is -0.507 e. The van der Waals surface area contributed by atoms with Crippen LogP contribution in [0.4, 0.5) is 5.69 Å². The topological polar surface area (TPSA) is 63.9 Å². The molecule has 102 valence electrons. The highest BCUT2D eigenvalue weighted by Gasteiger charge is 2.26. The van der Waals surface area contributed by atoms with Crippen molar-refractivity contribution in [1.82, 2.24) is 0 Å². The Hall–Kier alpha value is -2.08. The highest BCUT2D eigenvalue weighted by molar-refractivity contribution is 9.10. The molecule has 1 aromatic heterocycles. The van der Waals surface area contributed by atoms with E-state index in [0.717, 1.165) is 0 Å². The van der Waals surface area contributed by atoms with Crippen molar-refractivity contribution in [1.29, 1.82) is 0 Å². The Morgan fingerprint density at radius 2 is 2.25 bits per heavy atom. The largest absolute Gasteiger partial charge is 0.507 e. The van der Waals surface area contributed by atoms with Crippen LogP contribution in [-0.4, -0.2) is 24.2 Å². The van der Waals surface area contributed by atoms with Crippen molar-refractivity contribution in [2.45, 2.75) is 0 Å². The predicted octanol–water partition coefficient (Wildman–Crippen LogP) is 2.01. The smallest absolute Gasteiger partial charge is 0.258 e. The SMILES string of the molecule is O=C(c1ccc(O)c(Br)c1)N1CCOc2cc[nH+]cc21. The lowest BCUT2D eigenvalue weighted by Gasteiger charge is -2.27. The van der Waals surface area contributed by atoms with Gasteiger partial charge in [0, 0.05) is 11.6 Å². The summed E-state index contributed by atoms with van der Waals surface area (Å²) in [6, 6.07) is 6.50. The number of aromatic amines is 1. The number of rotatable bonds is 1. The Morgan fingerprint density at radius 1 is 1.40 bits per heavy atom. The summed E-state index contributed by atoms with van der Waals surface area (Å²) in [4.78, 5) is 17.2. The number of amides is 1. The normalized spacial score (nSPS) is 13.6. The molecule has 0 bridgehead atoms. The van der Waals surface area contributed by atoms with Crippen molar-refractivity contribution >= 4 is 27.5 Å². The zero-order valence-corrected chi connectivity index (χ0v) is 12.1. The van der Waals surface area contributed by atoms with E-state index in [0.29, 0.717) is 34.6 Å². The number of nitrogens with zero attached hydrogens (tertiary/aromatic N) is 1. The molecule has 1 aliphatic heterocycles. The quantitative estimate of drug-likeness (QED) is 0.866. The van der Waals surface area contributed by atoms with Gasteiger partial charge in [-0.1, -0.05) is 0 Å². The lowest BCUT2D eigenvalue weighted by Crippen LogP contribution is -2.38. The summed E-state index contributed by atoms with van der Waals surface area (Å²) in [5, 5.41) is 9.50. The molecule has 0 unspecified atom stereocenters. The number of aromatic nitrogens is 1. The number of carbonyl (C=O) groups is 1. The van der Waals surface area contributed by atoms with Crippen molar-refractivity contribution in [3.05, 3.63) is 46.7 Å². The van der Waals surface area contributed by atoms with Crippen LogP contribution >= 0.6 is 15.9 Å². The molecule has 5 nitrogen and oxygen atoms in total. The summed E-state index contributed by atoms with van der Waals surface area (Å²) in [5.74, 6) is 0.660. The number of pyridine rings is 1. The first-order valence-electron chi connectivity index (χ1n) is 6.10. The van der Waals surface area contributed by atoms with Gasteiger partial charge >= 0.3 is 0 Å². The summed E-state index contributed by atoms with van der Waals surface area (Å²) in [5.41, 5.74) is 1.22. The van der Waals surface area contributed by atoms with Gasteiger partial charge in [-0.25, -0.2) is 4.98 Å². The number of halogens is 1. The number of fused-ring (bicyclic) bond motifs is 1. The average molecular weight is 336 g/mol. The Labute approximate surface area is 123 Å². The molecule has 2 aromatic rings. The first-order valence-corrected chi connectivity index (χ1v) is 6.89. The maximum absolute atomic E-state index is 12.6. The summed E-state index contributed by atoms with van der Waals surface area (Å²) < 4.78 is 6.02. The Balaban J connectivity index is 1.97. The lowest BCUT2D eigenvalue weighted by molar-refractivity contribution is -0.377. The van der Waals surface area contributed by atoms with E-state index in [9.17, 15) is 9.90 Å². The monoisotopic (exact) mass is 335 g/mol. The van der Waals surface area contributed by atoms with Gasteiger partial charge < -0.3 is 9.84 Å². The molecule has 2 N–H and O–H groups in total.